The molecule has 0 atom stereocenters. The molecule has 0 bridgehead atoms. The van der Waals surface area contributed by atoms with Crippen LogP contribution in [0.4, 0.5) is 0 Å². The van der Waals surface area contributed by atoms with Gasteiger partial charge in [-0.2, -0.15) is 4.68 Å². The Morgan fingerprint density at radius 2 is 1.92 bits per heavy atom. The standard InChI is InChI=1S/C17H14N2O5/c20-14-9-12(16(21)22)6-7-13(14)10-19-17(23)24-15(18-19)8-11-4-2-1-3-5-11/h1-7,9,20H,8,10H2,(H,21,22). The van der Waals surface area contributed by atoms with E-state index in [1.54, 1.807) is 0 Å². The first-order valence-corrected chi connectivity index (χ1v) is 7.19. The number of hydrogen-bond acceptors (Lipinski definition) is 5. The highest BCUT2D eigenvalue weighted by atomic mass is 16.4. The van der Waals surface area contributed by atoms with Gasteiger partial charge in [0.05, 0.1) is 18.5 Å². The molecule has 122 valence electrons. The van der Waals surface area contributed by atoms with Crippen molar-refractivity contribution in [1.29, 1.82) is 0 Å². The number of phenols is 1. The summed E-state index contributed by atoms with van der Waals surface area (Å²) < 4.78 is 6.20. The first-order valence-electron chi connectivity index (χ1n) is 7.19. The molecule has 0 amide bonds. The lowest BCUT2D eigenvalue weighted by molar-refractivity contribution is 0.0696. The molecule has 0 radical (unpaired) electrons. The number of carboxylic acids is 1. The minimum atomic E-state index is -1.14. The van der Waals surface area contributed by atoms with E-state index in [-0.39, 0.29) is 23.7 Å². The van der Waals surface area contributed by atoms with E-state index in [0.717, 1.165) is 16.3 Å². The molecule has 2 aromatic carbocycles. The fourth-order valence-corrected chi connectivity index (χ4v) is 2.28. The second-order valence-electron chi connectivity index (χ2n) is 5.23. The van der Waals surface area contributed by atoms with Crippen LogP contribution < -0.4 is 5.76 Å². The molecular weight excluding hydrogens is 312 g/mol. The van der Waals surface area contributed by atoms with Gasteiger partial charge in [-0.1, -0.05) is 36.4 Å². The van der Waals surface area contributed by atoms with Crippen molar-refractivity contribution >= 4 is 5.97 Å². The molecule has 0 fully saturated rings. The number of hydrogen-bond donors (Lipinski definition) is 2. The van der Waals surface area contributed by atoms with E-state index in [9.17, 15) is 14.7 Å². The van der Waals surface area contributed by atoms with Gasteiger partial charge in [0.15, 0.2) is 0 Å². The summed E-state index contributed by atoms with van der Waals surface area (Å²) in [5.41, 5.74) is 1.30. The van der Waals surface area contributed by atoms with Gasteiger partial charge < -0.3 is 14.6 Å². The summed E-state index contributed by atoms with van der Waals surface area (Å²) in [5.74, 6) is -1.72. The molecule has 3 rings (SSSR count). The summed E-state index contributed by atoms with van der Waals surface area (Å²) in [4.78, 5) is 22.7. The van der Waals surface area contributed by atoms with Gasteiger partial charge in [-0.05, 0) is 17.7 Å². The predicted molar refractivity (Wildman–Crippen MR) is 84.2 cm³/mol. The van der Waals surface area contributed by atoms with Crippen LogP contribution in [0.5, 0.6) is 5.75 Å². The molecule has 2 N–H and O–H groups in total. The van der Waals surface area contributed by atoms with Gasteiger partial charge in [0.2, 0.25) is 5.89 Å². The van der Waals surface area contributed by atoms with Crippen molar-refractivity contribution in [3.8, 4) is 5.75 Å². The van der Waals surface area contributed by atoms with Crippen LogP contribution in [0, 0.1) is 0 Å². The van der Waals surface area contributed by atoms with Gasteiger partial charge in [0.25, 0.3) is 0 Å². The molecule has 0 unspecified atom stereocenters. The fraction of sp³-hybridized carbons (Fsp3) is 0.118. The van der Waals surface area contributed by atoms with Crippen molar-refractivity contribution < 1.29 is 19.4 Å². The molecule has 0 aliphatic heterocycles. The van der Waals surface area contributed by atoms with Crippen molar-refractivity contribution in [3.63, 3.8) is 0 Å². The molecule has 1 heterocycles. The summed E-state index contributed by atoms with van der Waals surface area (Å²) in [7, 11) is 0. The van der Waals surface area contributed by atoms with E-state index in [1.165, 1.54) is 12.1 Å². The Hall–Kier alpha value is -3.35. The highest BCUT2D eigenvalue weighted by Crippen LogP contribution is 2.19. The second kappa shape index (κ2) is 6.41. The molecule has 7 heteroatoms. The maximum absolute atomic E-state index is 11.9. The van der Waals surface area contributed by atoms with Crippen LogP contribution in [-0.2, 0) is 13.0 Å². The number of carboxylic acid groups (broad SMARTS) is 1. The zero-order valence-corrected chi connectivity index (χ0v) is 12.5. The largest absolute Gasteiger partial charge is 0.508 e. The zero-order chi connectivity index (χ0) is 17.1. The topological polar surface area (TPSA) is 106 Å². The Morgan fingerprint density at radius 1 is 1.17 bits per heavy atom. The average Bonchev–Trinajstić information content (AvgIpc) is 2.89. The Balaban J connectivity index is 1.81. The number of carbonyl (C=O) groups is 1. The lowest BCUT2D eigenvalue weighted by atomic mass is 10.1. The number of aromatic hydroxyl groups is 1. The SMILES string of the molecule is O=C(O)c1ccc(Cn2nc(Cc3ccccc3)oc2=O)c(O)c1. The van der Waals surface area contributed by atoms with E-state index in [2.05, 4.69) is 5.10 Å². The van der Waals surface area contributed by atoms with Crippen LogP contribution in [0.25, 0.3) is 0 Å². The maximum Gasteiger partial charge on any atom is 0.437 e. The molecule has 1 aromatic heterocycles. The highest BCUT2D eigenvalue weighted by molar-refractivity contribution is 5.88. The molecule has 0 spiro atoms. The van der Waals surface area contributed by atoms with Crippen molar-refractivity contribution in [2.24, 2.45) is 0 Å². The first kappa shape index (κ1) is 15.5. The van der Waals surface area contributed by atoms with Crippen molar-refractivity contribution in [3.05, 3.63) is 81.7 Å². The van der Waals surface area contributed by atoms with Gasteiger partial charge >= 0.3 is 11.7 Å². The molecule has 24 heavy (non-hydrogen) atoms. The van der Waals surface area contributed by atoms with E-state index < -0.39 is 11.7 Å². The van der Waals surface area contributed by atoms with Gasteiger partial charge in [0, 0.05) is 5.56 Å². The number of phenolic OH excluding ortho intramolecular Hbond substituents is 1. The number of nitrogens with zero attached hydrogens (tertiary/aromatic N) is 2. The minimum absolute atomic E-state index is 0.0111. The van der Waals surface area contributed by atoms with Gasteiger partial charge in [-0.15, -0.1) is 5.10 Å². The van der Waals surface area contributed by atoms with Crippen LogP contribution in [0.1, 0.15) is 27.4 Å². The summed E-state index contributed by atoms with van der Waals surface area (Å²) in [6.07, 6.45) is 0.382. The first-order chi connectivity index (χ1) is 11.5. The number of rotatable bonds is 5. The van der Waals surface area contributed by atoms with Gasteiger partial charge in [0.1, 0.15) is 5.75 Å². The van der Waals surface area contributed by atoms with Crippen molar-refractivity contribution in [2.75, 3.05) is 0 Å². The summed E-state index contributed by atoms with van der Waals surface area (Å²) in [6.45, 7) is -0.0111. The van der Waals surface area contributed by atoms with Crippen LogP contribution in [0.3, 0.4) is 0 Å². The average molecular weight is 326 g/mol. The molecule has 7 nitrogen and oxygen atoms in total. The van der Waals surface area contributed by atoms with E-state index >= 15 is 0 Å². The number of aromatic nitrogens is 2. The monoisotopic (exact) mass is 326 g/mol. The fourth-order valence-electron chi connectivity index (χ4n) is 2.28. The Labute approximate surface area is 136 Å². The maximum atomic E-state index is 11.9. The number of benzene rings is 2. The van der Waals surface area contributed by atoms with Crippen LogP contribution in [0.2, 0.25) is 0 Å². The lowest BCUT2D eigenvalue weighted by Crippen LogP contribution is -2.16. The third-order valence-corrected chi connectivity index (χ3v) is 3.50. The highest BCUT2D eigenvalue weighted by Gasteiger charge is 2.13. The quantitative estimate of drug-likeness (QED) is 0.741. The van der Waals surface area contributed by atoms with E-state index in [1.807, 2.05) is 30.3 Å². The minimum Gasteiger partial charge on any atom is -0.508 e. The van der Waals surface area contributed by atoms with Crippen molar-refractivity contribution in [2.45, 2.75) is 13.0 Å². The Morgan fingerprint density at radius 3 is 2.58 bits per heavy atom. The third-order valence-electron chi connectivity index (χ3n) is 3.50. The molecule has 0 saturated heterocycles. The smallest absolute Gasteiger partial charge is 0.437 e. The Kier molecular flexibility index (Phi) is 4.15. The normalized spacial score (nSPS) is 10.7. The molecule has 0 aliphatic carbocycles. The van der Waals surface area contributed by atoms with Crippen molar-refractivity contribution in [1.82, 2.24) is 9.78 Å². The summed E-state index contributed by atoms with van der Waals surface area (Å²) >= 11 is 0. The molecule has 0 saturated carbocycles. The van der Waals surface area contributed by atoms with Crippen LogP contribution in [0.15, 0.2) is 57.7 Å². The molecule has 3 aromatic rings. The number of aromatic carboxylic acids is 1. The Bertz CT molecular complexity index is 928. The van der Waals surface area contributed by atoms with Crippen LogP contribution in [-0.4, -0.2) is 26.0 Å². The molecular formula is C17H14N2O5. The van der Waals surface area contributed by atoms with Gasteiger partial charge in [-0.3, -0.25) is 0 Å². The zero-order valence-electron chi connectivity index (χ0n) is 12.5. The third kappa shape index (κ3) is 3.35. The van der Waals surface area contributed by atoms with Gasteiger partial charge in [-0.25, -0.2) is 9.59 Å². The van der Waals surface area contributed by atoms with Crippen LogP contribution >= 0.6 is 0 Å². The van der Waals surface area contributed by atoms with E-state index in [4.69, 9.17) is 9.52 Å². The lowest BCUT2D eigenvalue weighted by Gasteiger charge is -2.04. The predicted octanol–water partition coefficient (Wildman–Crippen LogP) is 1.88. The summed E-state index contributed by atoms with van der Waals surface area (Å²) in [5, 5.41) is 22.9. The van der Waals surface area contributed by atoms with E-state index in [0.29, 0.717) is 12.0 Å². The second-order valence-corrected chi connectivity index (χ2v) is 5.23. The summed E-state index contributed by atoms with van der Waals surface area (Å²) in [6, 6.07) is 13.4. The molecule has 0 aliphatic rings.